The first kappa shape index (κ1) is 16.7. The number of likely N-dealkylation sites (tertiary alicyclic amines) is 1. The molecule has 0 radical (unpaired) electrons. The highest BCUT2D eigenvalue weighted by molar-refractivity contribution is 5.79. The maximum absolute atomic E-state index is 12.5. The number of carboxylic acid groups (broad SMARTS) is 1. The fourth-order valence-corrected chi connectivity index (χ4v) is 4.17. The molecule has 3 fully saturated rings. The summed E-state index contributed by atoms with van der Waals surface area (Å²) in [6.45, 7) is 7.60. The number of carboxylic acids is 1. The van der Waals surface area contributed by atoms with Crippen molar-refractivity contribution in [1.82, 2.24) is 9.80 Å². The summed E-state index contributed by atoms with van der Waals surface area (Å²) >= 11 is 0. The lowest BCUT2D eigenvalue weighted by Crippen LogP contribution is -2.46. The third-order valence-electron chi connectivity index (χ3n) is 5.40. The molecular formula is C17H28N2O4. The van der Waals surface area contributed by atoms with Crippen molar-refractivity contribution in [2.75, 3.05) is 32.7 Å². The van der Waals surface area contributed by atoms with Gasteiger partial charge in [-0.05, 0) is 38.5 Å². The van der Waals surface area contributed by atoms with Crippen molar-refractivity contribution in [3.63, 3.8) is 0 Å². The van der Waals surface area contributed by atoms with Crippen LogP contribution >= 0.6 is 0 Å². The lowest BCUT2D eigenvalue weighted by molar-refractivity contribution is -0.142. The summed E-state index contributed by atoms with van der Waals surface area (Å²) in [5, 5.41) is 9.39. The largest absolute Gasteiger partial charge is 0.481 e. The Morgan fingerprint density at radius 3 is 2.30 bits per heavy atom. The number of nitrogens with zero attached hydrogens (tertiary/aromatic N) is 2. The Morgan fingerprint density at radius 1 is 1.09 bits per heavy atom. The second-order valence-electron chi connectivity index (χ2n) is 7.51. The van der Waals surface area contributed by atoms with Crippen LogP contribution in [0.25, 0.3) is 0 Å². The molecular weight excluding hydrogens is 296 g/mol. The number of ether oxygens (including phenoxy) is 1. The van der Waals surface area contributed by atoms with Gasteiger partial charge in [-0.25, -0.2) is 0 Å². The predicted octanol–water partition coefficient (Wildman–Crippen LogP) is 1.05. The fourth-order valence-electron chi connectivity index (χ4n) is 4.17. The van der Waals surface area contributed by atoms with E-state index in [1.54, 1.807) is 4.90 Å². The molecule has 23 heavy (non-hydrogen) atoms. The SMILES string of the molecule is C[C@@H]1CN(CCC(=O)N2C[C@@H](C(=O)O)[C@H](C3CC3)C2)C[C@H](C)O1. The van der Waals surface area contributed by atoms with Gasteiger partial charge in [-0.15, -0.1) is 0 Å². The average Bonchev–Trinajstić information content (AvgIpc) is 3.22. The molecule has 1 aliphatic carbocycles. The molecule has 2 saturated heterocycles. The molecule has 0 aromatic heterocycles. The zero-order valence-corrected chi connectivity index (χ0v) is 14.1. The molecule has 6 heteroatoms. The van der Waals surface area contributed by atoms with Crippen LogP contribution in [0.2, 0.25) is 0 Å². The van der Waals surface area contributed by atoms with Crippen molar-refractivity contribution in [2.24, 2.45) is 17.8 Å². The van der Waals surface area contributed by atoms with Crippen molar-refractivity contribution in [1.29, 1.82) is 0 Å². The van der Waals surface area contributed by atoms with Crippen LogP contribution in [0.15, 0.2) is 0 Å². The normalized spacial score (nSPS) is 35.5. The van der Waals surface area contributed by atoms with Crippen LogP contribution in [-0.4, -0.2) is 71.7 Å². The molecule has 2 aliphatic heterocycles. The Kier molecular flexibility index (Phi) is 4.92. The van der Waals surface area contributed by atoms with Crippen LogP contribution in [0, 0.1) is 17.8 Å². The van der Waals surface area contributed by atoms with E-state index in [4.69, 9.17) is 4.74 Å². The quantitative estimate of drug-likeness (QED) is 0.819. The second kappa shape index (κ2) is 6.77. The summed E-state index contributed by atoms with van der Waals surface area (Å²) in [5.41, 5.74) is 0. The van der Waals surface area contributed by atoms with E-state index in [0.29, 0.717) is 25.4 Å². The molecule has 1 saturated carbocycles. The summed E-state index contributed by atoms with van der Waals surface area (Å²) in [6, 6.07) is 0. The van der Waals surface area contributed by atoms with Crippen LogP contribution in [0.3, 0.4) is 0 Å². The summed E-state index contributed by atoms with van der Waals surface area (Å²) in [6.07, 6.45) is 3.14. The number of carbonyl (C=O) groups excluding carboxylic acids is 1. The highest BCUT2D eigenvalue weighted by atomic mass is 16.5. The number of rotatable bonds is 5. The second-order valence-corrected chi connectivity index (χ2v) is 7.51. The number of aliphatic carboxylic acids is 1. The molecule has 0 spiro atoms. The zero-order valence-electron chi connectivity index (χ0n) is 14.1. The molecule has 2 heterocycles. The van der Waals surface area contributed by atoms with Gasteiger partial charge in [0.25, 0.3) is 0 Å². The van der Waals surface area contributed by atoms with E-state index in [9.17, 15) is 14.7 Å². The van der Waals surface area contributed by atoms with Gasteiger partial charge in [0.1, 0.15) is 0 Å². The molecule has 130 valence electrons. The Balaban J connectivity index is 1.49. The molecule has 0 bridgehead atoms. The predicted molar refractivity (Wildman–Crippen MR) is 85.0 cm³/mol. The van der Waals surface area contributed by atoms with Gasteiger partial charge in [0.05, 0.1) is 18.1 Å². The Hall–Kier alpha value is -1.14. The monoisotopic (exact) mass is 324 g/mol. The molecule has 1 amide bonds. The van der Waals surface area contributed by atoms with E-state index < -0.39 is 5.97 Å². The molecule has 0 aromatic rings. The number of hydrogen-bond donors (Lipinski definition) is 1. The minimum atomic E-state index is -0.743. The first-order valence-electron chi connectivity index (χ1n) is 8.82. The van der Waals surface area contributed by atoms with Gasteiger partial charge in [0.2, 0.25) is 5.91 Å². The Bertz CT molecular complexity index is 456. The van der Waals surface area contributed by atoms with Gasteiger partial charge in [0.15, 0.2) is 0 Å². The summed E-state index contributed by atoms with van der Waals surface area (Å²) in [7, 11) is 0. The van der Waals surface area contributed by atoms with E-state index in [1.165, 1.54) is 0 Å². The van der Waals surface area contributed by atoms with Gasteiger partial charge in [0, 0.05) is 39.1 Å². The van der Waals surface area contributed by atoms with Crippen LogP contribution in [-0.2, 0) is 14.3 Å². The first-order valence-corrected chi connectivity index (χ1v) is 8.82. The van der Waals surface area contributed by atoms with Gasteiger partial charge >= 0.3 is 5.97 Å². The highest BCUT2D eigenvalue weighted by Crippen LogP contribution is 2.44. The topological polar surface area (TPSA) is 70.1 Å². The van der Waals surface area contributed by atoms with Gasteiger partial charge in [-0.3, -0.25) is 14.5 Å². The lowest BCUT2D eigenvalue weighted by atomic mass is 9.92. The van der Waals surface area contributed by atoms with E-state index >= 15 is 0 Å². The minimum Gasteiger partial charge on any atom is -0.481 e. The maximum atomic E-state index is 12.5. The number of hydrogen-bond acceptors (Lipinski definition) is 4. The standard InChI is InChI=1S/C17H28N2O4/c1-11-7-18(8-12(2)23-11)6-5-16(20)19-9-14(13-3-4-13)15(10-19)17(21)22/h11-15H,3-10H2,1-2H3,(H,21,22)/t11-,12+,14-,15+/m0/s1. The third kappa shape index (κ3) is 4.04. The number of morpholine rings is 1. The number of amides is 1. The van der Waals surface area contributed by atoms with Crippen molar-refractivity contribution in [3.05, 3.63) is 0 Å². The van der Waals surface area contributed by atoms with Crippen LogP contribution < -0.4 is 0 Å². The summed E-state index contributed by atoms with van der Waals surface area (Å²) in [5.74, 6) is -0.316. The van der Waals surface area contributed by atoms with Crippen LogP contribution in [0.5, 0.6) is 0 Å². The smallest absolute Gasteiger partial charge is 0.308 e. The van der Waals surface area contributed by atoms with Crippen molar-refractivity contribution in [3.8, 4) is 0 Å². The molecule has 3 aliphatic rings. The number of carbonyl (C=O) groups is 2. The maximum Gasteiger partial charge on any atom is 0.308 e. The van der Waals surface area contributed by atoms with Crippen molar-refractivity contribution in [2.45, 2.75) is 45.3 Å². The van der Waals surface area contributed by atoms with E-state index in [0.717, 1.165) is 32.5 Å². The van der Waals surface area contributed by atoms with Crippen molar-refractivity contribution < 1.29 is 19.4 Å². The molecule has 4 atom stereocenters. The van der Waals surface area contributed by atoms with Gasteiger partial charge in [-0.1, -0.05) is 0 Å². The molecule has 0 unspecified atom stereocenters. The van der Waals surface area contributed by atoms with Crippen molar-refractivity contribution >= 4 is 11.9 Å². The zero-order chi connectivity index (χ0) is 16.6. The molecule has 3 rings (SSSR count). The van der Waals surface area contributed by atoms with E-state index in [-0.39, 0.29) is 30.0 Å². The molecule has 1 N–H and O–H groups in total. The van der Waals surface area contributed by atoms with Crippen LogP contribution in [0.4, 0.5) is 0 Å². The first-order chi connectivity index (χ1) is 10.9. The van der Waals surface area contributed by atoms with E-state index in [2.05, 4.69) is 18.7 Å². The Morgan fingerprint density at radius 2 is 1.74 bits per heavy atom. The Labute approximate surface area is 137 Å². The van der Waals surface area contributed by atoms with E-state index in [1.807, 2.05) is 0 Å². The molecule has 0 aromatic carbocycles. The summed E-state index contributed by atoms with van der Waals surface area (Å²) in [4.78, 5) is 28.0. The third-order valence-corrected chi connectivity index (χ3v) is 5.40. The van der Waals surface area contributed by atoms with Crippen LogP contribution in [0.1, 0.15) is 33.1 Å². The van der Waals surface area contributed by atoms with Gasteiger partial charge < -0.3 is 14.7 Å². The molecule has 6 nitrogen and oxygen atoms in total. The minimum absolute atomic E-state index is 0.103. The summed E-state index contributed by atoms with van der Waals surface area (Å²) < 4.78 is 5.71. The average molecular weight is 324 g/mol. The van der Waals surface area contributed by atoms with Gasteiger partial charge in [-0.2, -0.15) is 0 Å². The fraction of sp³-hybridized carbons (Fsp3) is 0.882. The highest BCUT2D eigenvalue weighted by Gasteiger charge is 2.46. The lowest BCUT2D eigenvalue weighted by Gasteiger charge is -2.35.